The fourth-order valence-corrected chi connectivity index (χ4v) is 9.33. The lowest BCUT2D eigenvalue weighted by atomic mass is 9.88. The number of rotatable bonds is 25. The number of amides is 4. The highest BCUT2D eigenvalue weighted by Crippen LogP contribution is 2.26. The van der Waals surface area contributed by atoms with Crippen LogP contribution < -0.4 is 5.32 Å². The van der Waals surface area contributed by atoms with E-state index in [0.717, 1.165) is 11.1 Å². The number of imide groups is 1. The van der Waals surface area contributed by atoms with Crippen LogP contribution in [-0.2, 0) is 56.1 Å². The average molecular weight is 974 g/mol. The van der Waals surface area contributed by atoms with Gasteiger partial charge in [0.1, 0.15) is 0 Å². The quantitative estimate of drug-likeness (QED) is 0.0501. The first-order valence-corrected chi connectivity index (χ1v) is 24.6. The van der Waals surface area contributed by atoms with Crippen molar-refractivity contribution in [1.82, 2.24) is 34.7 Å². The van der Waals surface area contributed by atoms with Crippen LogP contribution in [0.25, 0.3) is 0 Å². The number of benzene rings is 1. The maximum absolute atomic E-state index is 13.9. The third kappa shape index (κ3) is 18.0. The number of likely N-dealkylation sites (tertiary alicyclic amines) is 1. The molecule has 3 aliphatic rings. The monoisotopic (exact) mass is 973 g/mol. The van der Waals surface area contributed by atoms with E-state index in [1.165, 1.54) is 16.7 Å². The number of hydrogen-bond acceptors (Lipinski definition) is 15. The van der Waals surface area contributed by atoms with Gasteiger partial charge in [-0.3, -0.25) is 72.4 Å². The number of carbonyl (C=O) groups excluding carboxylic acids is 6. The first-order chi connectivity index (χ1) is 32.3. The van der Waals surface area contributed by atoms with Crippen molar-refractivity contribution in [3.63, 3.8) is 0 Å². The fourth-order valence-electron chi connectivity index (χ4n) is 8.81. The number of ketones is 2. The van der Waals surface area contributed by atoms with Crippen LogP contribution in [0.4, 0.5) is 0 Å². The molecule has 5 N–H and O–H groups in total. The van der Waals surface area contributed by atoms with Crippen molar-refractivity contribution in [2.45, 2.75) is 64.8 Å². The van der Waals surface area contributed by atoms with E-state index in [9.17, 15) is 68.4 Å². The molecule has 4 amide bonds. The summed E-state index contributed by atoms with van der Waals surface area (Å²) < 4.78 is 0. The molecule has 0 aliphatic carbocycles. The zero-order chi connectivity index (χ0) is 49.9. The van der Waals surface area contributed by atoms with Gasteiger partial charge in [0.25, 0.3) is 0 Å². The van der Waals surface area contributed by atoms with Crippen molar-refractivity contribution in [3.05, 3.63) is 34.9 Å². The summed E-state index contributed by atoms with van der Waals surface area (Å²) in [5.74, 6) is -7.84. The van der Waals surface area contributed by atoms with Crippen LogP contribution in [0, 0.1) is 17.8 Å². The molecule has 376 valence electrons. The molecule has 0 aromatic heterocycles. The fraction of sp³-hybridized carbons (Fsp3) is 0.652. The highest BCUT2D eigenvalue weighted by molar-refractivity contribution is 7.98. The summed E-state index contributed by atoms with van der Waals surface area (Å²) in [5, 5.41) is 41.0. The molecule has 1 aromatic carbocycles. The number of Topliss-reactive ketones (excluding diaryl/α,β-unsaturated/α-hetero) is 2. The zero-order valence-corrected chi connectivity index (χ0v) is 39.9. The molecule has 0 bridgehead atoms. The average Bonchev–Trinajstić information content (AvgIpc) is 3.52. The van der Waals surface area contributed by atoms with Gasteiger partial charge in [0.05, 0.1) is 38.6 Å². The van der Waals surface area contributed by atoms with Crippen LogP contribution in [0.15, 0.2) is 18.2 Å². The standard InChI is InChI=1S/C46H67N7O14S/c1-31-22-39(56)53(45(31)65)11-4-3-6-33(46(66)67)23-35(54)25-47-44(64)32(10-21-68-2)24-38(55)37-8-5-7-34-26-52(12-9-36(34)37)40(57)27-48-13-15-49(28-41(58)59)17-19-51(30-43(62)63)20-18-50(16-14-48)29-42(60)61/h5,7-8,31-33H,3-4,6,9-30H2,1-2H3,(H,47,64)(H,58,59)(H,60,61)(H,62,63)(H,66,67)/t31?,32-,33-/m1/s1. The predicted octanol–water partition coefficient (Wildman–Crippen LogP) is 0.330. The van der Waals surface area contributed by atoms with Gasteiger partial charge in [0.15, 0.2) is 11.6 Å². The van der Waals surface area contributed by atoms with Crippen LogP contribution in [0.5, 0.6) is 0 Å². The van der Waals surface area contributed by atoms with Gasteiger partial charge in [-0.2, -0.15) is 11.8 Å². The summed E-state index contributed by atoms with van der Waals surface area (Å²) in [7, 11) is 0. The molecule has 68 heavy (non-hydrogen) atoms. The summed E-state index contributed by atoms with van der Waals surface area (Å²) in [6.07, 6.45) is 3.23. The van der Waals surface area contributed by atoms with Crippen LogP contribution >= 0.6 is 11.8 Å². The third-order valence-electron chi connectivity index (χ3n) is 12.7. The van der Waals surface area contributed by atoms with E-state index < -0.39 is 53.9 Å². The van der Waals surface area contributed by atoms with Crippen molar-refractivity contribution >= 4 is 70.8 Å². The van der Waals surface area contributed by atoms with Crippen LogP contribution in [0.2, 0.25) is 0 Å². The first kappa shape index (κ1) is 55.3. The second-order valence-electron chi connectivity index (χ2n) is 17.9. The maximum Gasteiger partial charge on any atom is 0.317 e. The second-order valence-corrected chi connectivity index (χ2v) is 18.9. The van der Waals surface area contributed by atoms with E-state index in [1.54, 1.807) is 38.7 Å². The lowest BCUT2D eigenvalue weighted by molar-refractivity contribution is -0.144. The zero-order valence-electron chi connectivity index (χ0n) is 39.1. The van der Waals surface area contributed by atoms with Crippen molar-refractivity contribution in [2.75, 3.05) is 110 Å². The minimum atomic E-state index is -1.16. The Bertz CT molecular complexity index is 1970. The van der Waals surface area contributed by atoms with Gasteiger partial charge < -0.3 is 30.6 Å². The Balaban J connectivity index is 1.35. The van der Waals surface area contributed by atoms with E-state index in [-0.39, 0.29) is 134 Å². The summed E-state index contributed by atoms with van der Waals surface area (Å²) in [6, 6.07) is 5.26. The molecule has 3 heterocycles. The largest absolute Gasteiger partial charge is 0.481 e. The molecular formula is C46H67N7O14S. The number of fused-ring (bicyclic) bond motifs is 1. The number of nitrogens with one attached hydrogen (secondary N) is 1. The normalized spacial score (nSPS) is 19.1. The lowest BCUT2D eigenvalue weighted by Gasteiger charge is -2.35. The predicted molar refractivity (Wildman–Crippen MR) is 248 cm³/mol. The molecule has 2 saturated heterocycles. The lowest BCUT2D eigenvalue weighted by Crippen LogP contribution is -2.50. The molecule has 1 aromatic rings. The number of thioether (sulfide) groups is 1. The van der Waals surface area contributed by atoms with E-state index in [1.807, 2.05) is 17.2 Å². The first-order valence-electron chi connectivity index (χ1n) is 23.2. The molecule has 2 fully saturated rings. The van der Waals surface area contributed by atoms with Gasteiger partial charge in [0, 0.05) is 109 Å². The van der Waals surface area contributed by atoms with Crippen LogP contribution in [0.1, 0.15) is 73.4 Å². The number of carboxylic acid groups (broad SMARTS) is 4. The third-order valence-corrected chi connectivity index (χ3v) is 13.3. The summed E-state index contributed by atoms with van der Waals surface area (Å²) in [5.41, 5.74) is 1.98. The van der Waals surface area contributed by atoms with E-state index >= 15 is 0 Å². The van der Waals surface area contributed by atoms with Gasteiger partial charge in [-0.25, -0.2) is 0 Å². The van der Waals surface area contributed by atoms with E-state index in [4.69, 9.17) is 0 Å². The minimum absolute atomic E-state index is 0.0305. The molecule has 0 saturated carbocycles. The second kappa shape index (κ2) is 27.6. The number of carbonyl (C=O) groups is 10. The van der Waals surface area contributed by atoms with Crippen LogP contribution in [0.3, 0.4) is 0 Å². The van der Waals surface area contributed by atoms with E-state index in [2.05, 4.69) is 5.32 Å². The molecule has 3 atom stereocenters. The Morgan fingerprint density at radius 2 is 1.28 bits per heavy atom. The van der Waals surface area contributed by atoms with Crippen molar-refractivity contribution in [2.24, 2.45) is 17.8 Å². The number of carboxylic acids is 4. The molecule has 3 aliphatic heterocycles. The Morgan fingerprint density at radius 1 is 0.721 bits per heavy atom. The van der Waals surface area contributed by atoms with Gasteiger partial charge in [0.2, 0.25) is 23.6 Å². The van der Waals surface area contributed by atoms with Gasteiger partial charge in [-0.05, 0) is 48.8 Å². The molecular weight excluding hydrogens is 907 g/mol. The molecule has 0 spiro atoms. The van der Waals surface area contributed by atoms with Gasteiger partial charge in [-0.1, -0.05) is 31.5 Å². The van der Waals surface area contributed by atoms with Crippen LogP contribution in [-0.4, -0.2) is 219 Å². The summed E-state index contributed by atoms with van der Waals surface area (Å²) in [6.45, 7) is 3.21. The van der Waals surface area contributed by atoms with E-state index in [0.29, 0.717) is 56.6 Å². The smallest absolute Gasteiger partial charge is 0.317 e. The Kier molecular flexibility index (Phi) is 22.5. The number of aliphatic carboxylic acids is 4. The molecule has 22 heteroatoms. The highest BCUT2D eigenvalue weighted by atomic mass is 32.2. The molecule has 1 unspecified atom stereocenters. The Hall–Kier alpha value is -5.29. The summed E-state index contributed by atoms with van der Waals surface area (Å²) in [4.78, 5) is 135. The van der Waals surface area contributed by atoms with Crippen molar-refractivity contribution in [1.29, 1.82) is 0 Å². The molecule has 4 rings (SSSR count). The highest BCUT2D eigenvalue weighted by Gasteiger charge is 2.35. The minimum Gasteiger partial charge on any atom is -0.481 e. The van der Waals surface area contributed by atoms with Crippen molar-refractivity contribution < 1.29 is 68.4 Å². The molecule has 0 radical (unpaired) electrons. The molecule has 21 nitrogen and oxygen atoms in total. The van der Waals surface area contributed by atoms with Gasteiger partial charge in [-0.15, -0.1) is 0 Å². The Labute approximate surface area is 400 Å². The maximum atomic E-state index is 13.9. The number of hydrogen-bond donors (Lipinski definition) is 5. The van der Waals surface area contributed by atoms with Gasteiger partial charge >= 0.3 is 23.9 Å². The number of nitrogens with zero attached hydrogens (tertiary/aromatic N) is 6. The van der Waals surface area contributed by atoms with Crippen molar-refractivity contribution in [3.8, 4) is 0 Å². The SMILES string of the molecule is CSCC[C@H](CC(=O)c1cccc2c1CCN(C(=O)CN1CCN(CC(=O)O)CCN(CC(=O)O)CCN(CC(=O)O)CC1)C2)C(=O)NCC(=O)C[C@@H](CCCCN1C(=O)CC(C)C1=O)C(=O)O. The summed E-state index contributed by atoms with van der Waals surface area (Å²) >= 11 is 1.50. The topological polar surface area (TPSA) is 283 Å². The Morgan fingerprint density at radius 3 is 1.78 bits per heavy atom. The number of unbranched alkanes of at least 4 members (excludes halogenated alkanes) is 1.